The Hall–Kier alpha value is -2.27. The SMILES string of the molecule is C[C@@H]1COCCN1c1cc(CO)c2cnn(-c3ccnn3COCC[Si](C)(C)C)c2n1. The third-order valence-corrected chi connectivity index (χ3v) is 7.27. The molecule has 0 saturated carbocycles. The number of hydrogen-bond donors (Lipinski definition) is 1. The van der Waals surface area contributed by atoms with Crippen LogP contribution >= 0.6 is 0 Å². The predicted octanol–water partition coefficient (Wildman–Crippen LogP) is 2.65. The van der Waals surface area contributed by atoms with Crippen LogP contribution in [0.5, 0.6) is 0 Å². The van der Waals surface area contributed by atoms with Crippen LogP contribution in [0.1, 0.15) is 12.5 Å². The minimum Gasteiger partial charge on any atom is -0.392 e. The van der Waals surface area contributed by atoms with Gasteiger partial charge in [-0.15, -0.1) is 0 Å². The van der Waals surface area contributed by atoms with Gasteiger partial charge in [0.25, 0.3) is 0 Å². The maximum Gasteiger partial charge on any atom is 0.167 e. The number of pyridine rings is 1. The summed E-state index contributed by atoms with van der Waals surface area (Å²) in [6.45, 7) is 12.2. The second kappa shape index (κ2) is 9.07. The van der Waals surface area contributed by atoms with E-state index in [4.69, 9.17) is 14.5 Å². The van der Waals surface area contributed by atoms with Crippen molar-refractivity contribution in [3.63, 3.8) is 0 Å². The molecule has 0 aromatic carbocycles. The zero-order valence-corrected chi connectivity index (χ0v) is 19.8. The van der Waals surface area contributed by atoms with E-state index in [-0.39, 0.29) is 12.6 Å². The maximum atomic E-state index is 9.99. The lowest BCUT2D eigenvalue weighted by Crippen LogP contribution is -2.44. The first kappa shape index (κ1) is 21.9. The number of hydrogen-bond acceptors (Lipinski definition) is 7. The molecule has 10 heteroatoms. The zero-order chi connectivity index (χ0) is 22.0. The summed E-state index contributed by atoms with van der Waals surface area (Å²) in [6.07, 6.45) is 3.50. The van der Waals surface area contributed by atoms with E-state index in [1.54, 1.807) is 21.8 Å². The minimum absolute atomic E-state index is 0.0739. The summed E-state index contributed by atoms with van der Waals surface area (Å²) in [7, 11) is -1.14. The fraction of sp³-hybridized carbons (Fsp3) is 0.571. The molecule has 1 N–H and O–H groups in total. The molecule has 0 radical (unpaired) electrons. The van der Waals surface area contributed by atoms with Gasteiger partial charge >= 0.3 is 0 Å². The molecule has 3 aromatic rings. The van der Waals surface area contributed by atoms with Gasteiger partial charge in [-0.2, -0.15) is 14.9 Å². The second-order valence-electron chi connectivity index (χ2n) is 9.25. The number of aliphatic hydroxyl groups is 1. The number of fused-ring (bicyclic) bond motifs is 1. The lowest BCUT2D eigenvalue weighted by Gasteiger charge is -2.34. The Kier molecular flexibility index (Phi) is 6.42. The number of ether oxygens (including phenoxy) is 2. The molecule has 0 spiro atoms. The first-order valence-corrected chi connectivity index (χ1v) is 14.5. The van der Waals surface area contributed by atoms with Gasteiger partial charge in [-0.1, -0.05) is 19.6 Å². The highest BCUT2D eigenvalue weighted by atomic mass is 28.3. The van der Waals surface area contributed by atoms with Crippen LogP contribution in [-0.4, -0.2) is 70.1 Å². The number of anilines is 1. The standard InChI is InChI=1S/C21H32N6O3Si/c1-16-14-29-8-7-25(16)19-11-17(13-28)18-12-23-27(21(18)24-19)20-5-6-22-26(20)15-30-9-10-31(2,3)4/h5-6,11-12,16,28H,7-10,13-15H2,1-4H3/t16-/m1/s1. The summed E-state index contributed by atoms with van der Waals surface area (Å²) in [5.41, 5.74) is 1.51. The molecule has 1 aliphatic heterocycles. The Labute approximate surface area is 183 Å². The van der Waals surface area contributed by atoms with Gasteiger partial charge in [0.05, 0.1) is 38.3 Å². The third kappa shape index (κ3) is 4.82. The van der Waals surface area contributed by atoms with Crippen molar-refractivity contribution >= 4 is 24.9 Å². The van der Waals surface area contributed by atoms with Crippen LogP contribution in [0.15, 0.2) is 24.5 Å². The molecule has 4 rings (SSSR count). The molecular weight excluding hydrogens is 412 g/mol. The van der Waals surface area contributed by atoms with Gasteiger partial charge in [0.15, 0.2) is 11.5 Å². The van der Waals surface area contributed by atoms with Crippen molar-refractivity contribution in [1.82, 2.24) is 24.5 Å². The van der Waals surface area contributed by atoms with Crippen molar-refractivity contribution in [2.24, 2.45) is 0 Å². The third-order valence-electron chi connectivity index (χ3n) is 5.57. The van der Waals surface area contributed by atoms with Gasteiger partial charge in [0.2, 0.25) is 0 Å². The van der Waals surface area contributed by atoms with Gasteiger partial charge in [-0.05, 0) is 24.6 Å². The van der Waals surface area contributed by atoms with Crippen LogP contribution in [0.25, 0.3) is 16.9 Å². The quantitative estimate of drug-likeness (QED) is 0.422. The molecule has 0 bridgehead atoms. The summed E-state index contributed by atoms with van der Waals surface area (Å²) >= 11 is 0. The lowest BCUT2D eigenvalue weighted by atomic mass is 10.1. The Bertz CT molecular complexity index is 1030. The molecule has 1 fully saturated rings. The second-order valence-corrected chi connectivity index (χ2v) is 14.9. The number of aromatic nitrogens is 5. The van der Waals surface area contributed by atoms with E-state index in [0.29, 0.717) is 25.6 Å². The fourth-order valence-electron chi connectivity index (χ4n) is 3.70. The zero-order valence-electron chi connectivity index (χ0n) is 18.8. The molecule has 0 aliphatic carbocycles. The van der Waals surface area contributed by atoms with Crippen LogP contribution < -0.4 is 4.90 Å². The summed E-state index contributed by atoms with van der Waals surface area (Å²) < 4.78 is 15.0. The Balaban J connectivity index is 1.65. The molecule has 1 atom stereocenters. The van der Waals surface area contributed by atoms with Crippen molar-refractivity contribution in [3.05, 3.63) is 30.1 Å². The Morgan fingerprint density at radius 2 is 2.13 bits per heavy atom. The highest BCUT2D eigenvalue weighted by Gasteiger charge is 2.23. The molecule has 31 heavy (non-hydrogen) atoms. The van der Waals surface area contributed by atoms with E-state index in [1.807, 2.05) is 12.1 Å². The molecule has 1 saturated heterocycles. The average Bonchev–Trinajstić information content (AvgIpc) is 3.36. The number of morpholine rings is 1. The van der Waals surface area contributed by atoms with Crippen LogP contribution in [-0.2, 0) is 22.8 Å². The summed E-state index contributed by atoms with van der Waals surface area (Å²) in [5, 5.41) is 19.8. The van der Waals surface area contributed by atoms with Gasteiger partial charge in [0.1, 0.15) is 12.5 Å². The molecule has 9 nitrogen and oxygen atoms in total. The molecule has 3 aromatic heterocycles. The van der Waals surface area contributed by atoms with Gasteiger partial charge < -0.3 is 19.5 Å². The first-order valence-electron chi connectivity index (χ1n) is 10.8. The number of aliphatic hydroxyl groups excluding tert-OH is 1. The Morgan fingerprint density at radius 3 is 2.87 bits per heavy atom. The molecule has 0 unspecified atom stereocenters. The van der Waals surface area contributed by atoms with Crippen molar-refractivity contribution in [3.8, 4) is 5.82 Å². The van der Waals surface area contributed by atoms with Crippen LogP contribution in [0.2, 0.25) is 25.7 Å². The normalized spacial score (nSPS) is 17.6. The van der Waals surface area contributed by atoms with Crippen LogP contribution in [0.3, 0.4) is 0 Å². The van der Waals surface area contributed by atoms with E-state index in [0.717, 1.165) is 41.8 Å². The largest absolute Gasteiger partial charge is 0.392 e. The van der Waals surface area contributed by atoms with E-state index in [1.165, 1.54) is 0 Å². The molecular formula is C21H32N6O3Si. The van der Waals surface area contributed by atoms with E-state index in [9.17, 15) is 5.11 Å². The van der Waals surface area contributed by atoms with Crippen molar-refractivity contribution in [1.29, 1.82) is 0 Å². The van der Waals surface area contributed by atoms with E-state index < -0.39 is 8.07 Å². The minimum atomic E-state index is -1.14. The number of nitrogens with zero attached hydrogens (tertiary/aromatic N) is 6. The summed E-state index contributed by atoms with van der Waals surface area (Å²) in [6, 6.07) is 5.18. The molecule has 0 amide bonds. The van der Waals surface area contributed by atoms with E-state index in [2.05, 4.69) is 41.7 Å². The lowest BCUT2D eigenvalue weighted by molar-refractivity contribution is 0.0782. The van der Waals surface area contributed by atoms with Crippen LogP contribution in [0, 0.1) is 0 Å². The maximum absolute atomic E-state index is 9.99. The summed E-state index contributed by atoms with van der Waals surface area (Å²) in [4.78, 5) is 7.15. The van der Waals surface area contributed by atoms with Crippen molar-refractivity contribution in [2.45, 2.75) is 52.0 Å². The van der Waals surface area contributed by atoms with Crippen molar-refractivity contribution in [2.75, 3.05) is 31.3 Å². The van der Waals surface area contributed by atoms with Crippen molar-refractivity contribution < 1.29 is 14.6 Å². The predicted molar refractivity (Wildman–Crippen MR) is 122 cm³/mol. The fourth-order valence-corrected chi connectivity index (χ4v) is 4.45. The molecule has 4 heterocycles. The molecule has 168 valence electrons. The van der Waals surface area contributed by atoms with Gasteiger partial charge in [-0.3, -0.25) is 0 Å². The molecule has 1 aliphatic rings. The van der Waals surface area contributed by atoms with E-state index >= 15 is 0 Å². The Morgan fingerprint density at radius 1 is 1.29 bits per heavy atom. The first-order chi connectivity index (χ1) is 14.9. The smallest absolute Gasteiger partial charge is 0.167 e. The average molecular weight is 445 g/mol. The topological polar surface area (TPSA) is 90.5 Å². The highest BCUT2D eigenvalue weighted by Crippen LogP contribution is 2.27. The van der Waals surface area contributed by atoms with Gasteiger partial charge in [0, 0.05) is 32.7 Å². The summed E-state index contributed by atoms with van der Waals surface area (Å²) in [5.74, 6) is 1.61. The highest BCUT2D eigenvalue weighted by molar-refractivity contribution is 6.76. The monoisotopic (exact) mass is 444 g/mol. The van der Waals surface area contributed by atoms with Crippen LogP contribution in [0.4, 0.5) is 5.82 Å². The number of rotatable bonds is 8. The van der Waals surface area contributed by atoms with Gasteiger partial charge in [-0.25, -0.2) is 9.67 Å².